The lowest BCUT2D eigenvalue weighted by Gasteiger charge is -1.97. The second-order valence-corrected chi connectivity index (χ2v) is 3.44. The minimum atomic E-state index is -0.234. The van der Waals surface area contributed by atoms with Gasteiger partial charge in [0.2, 0.25) is 5.71 Å². The van der Waals surface area contributed by atoms with Gasteiger partial charge in [0.15, 0.2) is 11.5 Å². The predicted molar refractivity (Wildman–Crippen MR) is 65.7 cm³/mol. The van der Waals surface area contributed by atoms with Crippen molar-refractivity contribution in [2.45, 2.75) is 13.3 Å². The van der Waals surface area contributed by atoms with E-state index in [1.807, 2.05) is 6.92 Å². The highest BCUT2D eigenvalue weighted by molar-refractivity contribution is 6.10. The molecule has 6 nitrogen and oxygen atoms in total. The number of hydrazone groups is 1. The molecule has 0 saturated heterocycles. The third-order valence-electron chi connectivity index (χ3n) is 2.24. The molecule has 0 aliphatic heterocycles. The topological polar surface area (TPSA) is 98.0 Å². The van der Waals surface area contributed by atoms with Crippen LogP contribution in [0.4, 0.5) is 5.69 Å². The maximum absolute atomic E-state index is 8.54. The van der Waals surface area contributed by atoms with E-state index in [1.165, 1.54) is 0 Å². The number of oxazole rings is 1. The molecule has 88 valence electrons. The molecule has 1 heterocycles. The van der Waals surface area contributed by atoms with E-state index in [4.69, 9.17) is 14.9 Å². The van der Waals surface area contributed by atoms with Gasteiger partial charge >= 0.3 is 0 Å². The highest BCUT2D eigenvalue weighted by Gasteiger charge is 2.04. The molecule has 0 atom stereocenters. The third-order valence-corrected chi connectivity index (χ3v) is 2.24. The molecule has 0 amide bonds. The van der Waals surface area contributed by atoms with Gasteiger partial charge in [-0.2, -0.15) is 15.6 Å². The van der Waals surface area contributed by atoms with E-state index < -0.39 is 0 Å². The molecule has 0 spiro atoms. The van der Waals surface area contributed by atoms with E-state index in [2.05, 4.69) is 15.5 Å². The van der Waals surface area contributed by atoms with Gasteiger partial charge in [0.1, 0.15) is 17.7 Å². The summed E-state index contributed by atoms with van der Waals surface area (Å²) >= 11 is 0. The van der Waals surface area contributed by atoms with Crippen molar-refractivity contribution in [1.82, 2.24) is 4.98 Å². The summed E-state index contributed by atoms with van der Waals surface area (Å²) in [5.74, 6) is 0.667. The second-order valence-electron chi connectivity index (χ2n) is 3.44. The standard InChI is InChI=1S/C12H9N5O/c1-2-12-15-10-4-3-8(5-11(10)18-12)16-17-9(6-13)7-14/h3-5,16H,2H2,1H3. The van der Waals surface area contributed by atoms with Crippen LogP contribution in [0.25, 0.3) is 11.1 Å². The normalized spacial score (nSPS) is 9.50. The first-order chi connectivity index (χ1) is 8.76. The molecular formula is C12H9N5O. The van der Waals surface area contributed by atoms with Crippen molar-refractivity contribution in [3.05, 3.63) is 24.1 Å². The molecule has 0 aliphatic carbocycles. The van der Waals surface area contributed by atoms with E-state index in [0.717, 1.165) is 11.9 Å². The zero-order valence-corrected chi connectivity index (χ0v) is 9.64. The minimum absolute atomic E-state index is 0.234. The first-order valence-corrected chi connectivity index (χ1v) is 5.30. The average Bonchev–Trinajstić information content (AvgIpc) is 2.82. The Morgan fingerprint density at radius 2 is 2.22 bits per heavy atom. The van der Waals surface area contributed by atoms with Gasteiger partial charge < -0.3 is 4.42 Å². The zero-order chi connectivity index (χ0) is 13.0. The van der Waals surface area contributed by atoms with Crippen LogP contribution in [0.15, 0.2) is 27.7 Å². The molecule has 0 saturated carbocycles. The molecule has 0 fully saturated rings. The van der Waals surface area contributed by atoms with E-state index in [-0.39, 0.29) is 5.71 Å². The Bertz CT molecular complexity index is 671. The lowest BCUT2D eigenvalue weighted by atomic mass is 10.3. The number of aryl methyl sites for hydroxylation is 1. The van der Waals surface area contributed by atoms with Crippen LogP contribution in [0.3, 0.4) is 0 Å². The highest BCUT2D eigenvalue weighted by Crippen LogP contribution is 2.20. The molecule has 18 heavy (non-hydrogen) atoms. The van der Waals surface area contributed by atoms with Crippen LogP contribution in [-0.4, -0.2) is 10.7 Å². The quantitative estimate of drug-likeness (QED) is 0.654. The molecule has 1 N–H and O–H groups in total. The lowest BCUT2D eigenvalue weighted by molar-refractivity contribution is 0.538. The molecule has 0 aliphatic rings. The van der Waals surface area contributed by atoms with Crippen molar-refractivity contribution in [2.24, 2.45) is 5.10 Å². The minimum Gasteiger partial charge on any atom is -0.441 e. The van der Waals surface area contributed by atoms with Gasteiger partial charge in [0, 0.05) is 12.5 Å². The lowest BCUT2D eigenvalue weighted by Crippen LogP contribution is -1.95. The van der Waals surface area contributed by atoms with Gasteiger partial charge in [-0.05, 0) is 12.1 Å². The smallest absolute Gasteiger partial charge is 0.237 e. The number of anilines is 1. The fourth-order valence-electron chi connectivity index (χ4n) is 1.39. The number of nitrogens with one attached hydrogen (secondary N) is 1. The summed E-state index contributed by atoms with van der Waals surface area (Å²) < 4.78 is 5.49. The molecule has 2 aromatic rings. The van der Waals surface area contributed by atoms with Crippen LogP contribution < -0.4 is 5.43 Å². The largest absolute Gasteiger partial charge is 0.441 e. The Hall–Kier alpha value is -2.86. The number of fused-ring (bicyclic) bond motifs is 1. The Morgan fingerprint density at radius 3 is 2.89 bits per heavy atom. The van der Waals surface area contributed by atoms with E-state index in [0.29, 0.717) is 17.2 Å². The van der Waals surface area contributed by atoms with Crippen molar-refractivity contribution < 1.29 is 4.42 Å². The summed E-state index contributed by atoms with van der Waals surface area (Å²) in [5.41, 5.74) is 4.42. The fraction of sp³-hybridized carbons (Fsp3) is 0.167. The SMILES string of the molecule is CCc1nc2ccc(NN=C(C#N)C#N)cc2o1. The van der Waals surface area contributed by atoms with Crippen LogP contribution >= 0.6 is 0 Å². The van der Waals surface area contributed by atoms with E-state index in [9.17, 15) is 0 Å². The number of hydrogen-bond acceptors (Lipinski definition) is 6. The first kappa shape index (κ1) is 11.6. The second kappa shape index (κ2) is 4.98. The zero-order valence-electron chi connectivity index (χ0n) is 9.64. The van der Waals surface area contributed by atoms with E-state index >= 15 is 0 Å². The van der Waals surface area contributed by atoms with Crippen molar-refractivity contribution in [3.63, 3.8) is 0 Å². The molecule has 0 bridgehead atoms. The molecule has 2 rings (SSSR count). The molecule has 1 aromatic heterocycles. The van der Waals surface area contributed by atoms with Crippen LogP contribution in [0.1, 0.15) is 12.8 Å². The Balaban J connectivity index is 2.28. The molecular weight excluding hydrogens is 230 g/mol. The number of rotatable bonds is 3. The third kappa shape index (κ3) is 2.28. The van der Waals surface area contributed by atoms with Gasteiger partial charge in [0.05, 0.1) is 5.69 Å². The summed E-state index contributed by atoms with van der Waals surface area (Å²) in [6, 6.07) is 8.58. The maximum Gasteiger partial charge on any atom is 0.237 e. The first-order valence-electron chi connectivity index (χ1n) is 5.30. The summed E-state index contributed by atoms with van der Waals surface area (Å²) in [4.78, 5) is 4.26. The number of hydrogen-bond donors (Lipinski definition) is 1. The van der Waals surface area contributed by atoms with Crippen molar-refractivity contribution in [1.29, 1.82) is 10.5 Å². The average molecular weight is 239 g/mol. The van der Waals surface area contributed by atoms with Crippen molar-refractivity contribution in [3.8, 4) is 12.1 Å². The van der Waals surface area contributed by atoms with Gasteiger partial charge in [-0.3, -0.25) is 5.43 Å². The van der Waals surface area contributed by atoms with Gasteiger partial charge in [-0.25, -0.2) is 4.98 Å². The number of benzene rings is 1. The van der Waals surface area contributed by atoms with Crippen LogP contribution in [0, 0.1) is 22.7 Å². The van der Waals surface area contributed by atoms with Crippen LogP contribution in [-0.2, 0) is 6.42 Å². The number of aromatic nitrogens is 1. The Labute approximate surface area is 103 Å². The highest BCUT2D eigenvalue weighted by atomic mass is 16.3. The summed E-state index contributed by atoms with van der Waals surface area (Å²) in [7, 11) is 0. The summed E-state index contributed by atoms with van der Waals surface area (Å²) in [6.45, 7) is 1.96. The Kier molecular flexibility index (Phi) is 3.22. The summed E-state index contributed by atoms with van der Waals surface area (Å²) in [5, 5.41) is 20.7. The van der Waals surface area contributed by atoms with Crippen LogP contribution in [0.2, 0.25) is 0 Å². The fourth-order valence-corrected chi connectivity index (χ4v) is 1.39. The van der Waals surface area contributed by atoms with Crippen molar-refractivity contribution >= 4 is 22.5 Å². The molecule has 0 radical (unpaired) electrons. The molecule has 0 unspecified atom stereocenters. The van der Waals surface area contributed by atoms with Crippen LogP contribution in [0.5, 0.6) is 0 Å². The number of nitrogens with zero attached hydrogens (tertiary/aromatic N) is 4. The molecule has 1 aromatic carbocycles. The van der Waals surface area contributed by atoms with Gasteiger partial charge in [-0.15, -0.1) is 0 Å². The number of nitriles is 2. The van der Waals surface area contributed by atoms with Gasteiger partial charge in [-0.1, -0.05) is 6.92 Å². The Morgan fingerprint density at radius 1 is 1.44 bits per heavy atom. The monoisotopic (exact) mass is 239 g/mol. The van der Waals surface area contributed by atoms with E-state index in [1.54, 1.807) is 30.3 Å². The summed E-state index contributed by atoms with van der Waals surface area (Å²) in [6.07, 6.45) is 0.725. The van der Waals surface area contributed by atoms with Crippen molar-refractivity contribution in [2.75, 3.05) is 5.43 Å². The van der Waals surface area contributed by atoms with Gasteiger partial charge in [0.25, 0.3) is 0 Å². The predicted octanol–water partition coefficient (Wildman–Crippen LogP) is 2.21. The maximum atomic E-state index is 8.54. The molecule has 6 heteroatoms.